The highest BCUT2D eigenvalue weighted by Crippen LogP contribution is 2.11. The maximum absolute atomic E-state index is 12.2. The van der Waals surface area contributed by atoms with E-state index in [1.807, 2.05) is 6.07 Å². The molecule has 5 nitrogen and oxygen atoms in total. The Bertz CT molecular complexity index is 768. The van der Waals surface area contributed by atoms with Crippen LogP contribution in [0.3, 0.4) is 0 Å². The van der Waals surface area contributed by atoms with Gasteiger partial charge in [0, 0.05) is 15.9 Å². The van der Waals surface area contributed by atoms with E-state index in [0.29, 0.717) is 10.9 Å². The molecule has 0 unspecified atom stereocenters. The Balaban J connectivity index is 2.40. The van der Waals surface area contributed by atoms with Gasteiger partial charge in [0.15, 0.2) is 9.84 Å². The summed E-state index contributed by atoms with van der Waals surface area (Å²) in [5, 5.41) is 0.517. The Morgan fingerprint density at radius 3 is 2.79 bits per heavy atom. The molecule has 0 N–H and O–H groups in total. The van der Waals surface area contributed by atoms with E-state index in [1.165, 1.54) is 10.9 Å². The van der Waals surface area contributed by atoms with E-state index in [4.69, 9.17) is 0 Å². The predicted octanol–water partition coefficient (Wildman–Crippen LogP) is 1.44. The molecule has 1 heterocycles. The number of fused-ring (bicyclic) bond motifs is 1. The summed E-state index contributed by atoms with van der Waals surface area (Å²) in [4.78, 5) is 16.4. The molecule has 0 bridgehead atoms. The van der Waals surface area contributed by atoms with Crippen molar-refractivity contribution in [2.24, 2.45) is 0 Å². The van der Waals surface area contributed by atoms with Crippen molar-refractivity contribution in [3.8, 4) is 0 Å². The van der Waals surface area contributed by atoms with E-state index in [1.54, 1.807) is 19.1 Å². The SMILES string of the molecule is CCS(=O)(=O)CCn1cnc2ccc(I)cc2c1=O. The number of aryl methyl sites for hydroxylation is 1. The second-order valence-corrected chi connectivity index (χ2v) is 7.86. The van der Waals surface area contributed by atoms with Crippen LogP contribution in [0.1, 0.15) is 6.92 Å². The lowest BCUT2D eigenvalue weighted by Crippen LogP contribution is -2.25. The minimum absolute atomic E-state index is 0.0412. The molecule has 102 valence electrons. The van der Waals surface area contributed by atoms with Crippen LogP contribution < -0.4 is 5.56 Å². The molecule has 0 atom stereocenters. The maximum atomic E-state index is 12.2. The second-order valence-electron chi connectivity index (χ2n) is 4.14. The summed E-state index contributed by atoms with van der Waals surface area (Å²) in [6.45, 7) is 1.74. The molecular weight excluding hydrogens is 379 g/mol. The summed E-state index contributed by atoms with van der Waals surface area (Å²) in [5.74, 6) is 0.0428. The fraction of sp³-hybridized carbons (Fsp3) is 0.333. The quantitative estimate of drug-likeness (QED) is 0.739. The Labute approximate surface area is 124 Å². The standard InChI is InChI=1S/C12H13IN2O3S/c1-2-19(17,18)6-5-15-8-14-11-4-3-9(13)7-10(11)12(15)16/h3-4,7-8H,2,5-6H2,1H3. The summed E-state index contributed by atoms with van der Waals surface area (Å²) >= 11 is 2.12. The Morgan fingerprint density at radius 1 is 1.37 bits per heavy atom. The number of aromatic nitrogens is 2. The lowest BCUT2D eigenvalue weighted by molar-refractivity contribution is 0.588. The average molecular weight is 392 g/mol. The second kappa shape index (κ2) is 5.58. The number of benzene rings is 1. The zero-order chi connectivity index (χ0) is 14.0. The summed E-state index contributed by atoms with van der Waals surface area (Å²) in [6, 6.07) is 5.42. The fourth-order valence-electron chi connectivity index (χ4n) is 1.67. The van der Waals surface area contributed by atoms with Crippen LogP contribution in [0.5, 0.6) is 0 Å². The van der Waals surface area contributed by atoms with Gasteiger partial charge in [-0.15, -0.1) is 0 Å². The molecular formula is C12H13IN2O3S. The molecule has 0 aliphatic rings. The molecule has 1 aromatic heterocycles. The normalized spacial score (nSPS) is 11.9. The van der Waals surface area contributed by atoms with Gasteiger partial charge in [-0.05, 0) is 40.8 Å². The molecule has 0 aliphatic heterocycles. The monoisotopic (exact) mass is 392 g/mol. The van der Waals surface area contributed by atoms with E-state index in [2.05, 4.69) is 27.6 Å². The zero-order valence-corrected chi connectivity index (χ0v) is 13.3. The van der Waals surface area contributed by atoms with E-state index in [9.17, 15) is 13.2 Å². The first-order valence-electron chi connectivity index (χ1n) is 5.78. The van der Waals surface area contributed by atoms with E-state index in [0.717, 1.165) is 3.57 Å². The van der Waals surface area contributed by atoms with Gasteiger partial charge in [-0.3, -0.25) is 9.36 Å². The highest BCUT2D eigenvalue weighted by atomic mass is 127. The first kappa shape index (κ1) is 14.4. The summed E-state index contributed by atoms with van der Waals surface area (Å²) in [5.41, 5.74) is 0.426. The molecule has 0 amide bonds. The van der Waals surface area contributed by atoms with Crippen LogP contribution in [-0.2, 0) is 16.4 Å². The fourth-order valence-corrected chi connectivity index (χ4v) is 2.93. The van der Waals surface area contributed by atoms with Gasteiger partial charge in [-0.25, -0.2) is 13.4 Å². The Hall–Kier alpha value is -0.960. The number of halogens is 1. The highest BCUT2D eigenvalue weighted by Gasteiger charge is 2.10. The number of sulfone groups is 1. The van der Waals surface area contributed by atoms with Crippen LogP contribution in [0.4, 0.5) is 0 Å². The van der Waals surface area contributed by atoms with Gasteiger partial charge in [0.25, 0.3) is 5.56 Å². The predicted molar refractivity (Wildman–Crippen MR) is 83.0 cm³/mol. The van der Waals surface area contributed by atoms with Crippen molar-refractivity contribution in [3.05, 3.63) is 38.5 Å². The van der Waals surface area contributed by atoms with Crippen LogP contribution in [0.2, 0.25) is 0 Å². The molecule has 0 saturated carbocycles. The van der Waals surface area contributed by atoms with Crippen molar-refractivity contribution in [2.45, 2.75) is 13.5 Å². The van der Waals surface area contributed by atoms with Gasteiger partial charge in [0.05, 0.1) is 23.0 Å². The van der Waals surface area contributed by atoms with Gasteiger partial charge in [0.2, 0.25) is 0 Å². The lowest BCUT2D eigenvalue weighted by atomic mass is 10.2. The van der Waals surface area contributed by atoms with Gasteiger partial charge >= 0.3 is 0 Å². The number of rotatable bonds is 4. The molecule has 1 aromatic carbocycles. The first-order valence-corrected chi connectivity index (χ1v) is 8.68. The van der Waals surface area contributed by atoms with Crippen molar-refractivity contribution in [2.75, 3.05) is 11.5 Å². The topological polar surface area (TPSA) is 69.0 Å². The smallest absolute Gasteiger partial charge is 0.261 e. The summed E-state index contributed by atoms with van der Waals surface area (Å²) in [6.07, 6.45) is 1.41. The van der Waals surface area contributed by atoms with Crippen LogP contribution in [0, 0.1) is 3.57 Å². The molecule has 0 radical (unpaired) electrons. The van der Waals surface area contributed by atoms with Gasteiger partial charge in [0.1, 0.15) is 0 Å². The molecule has 7 heteroatoms. The number of hydrogen-bond acceptors (Lipinski definition) is 4. The van der Waals surface area contributed by atoms with Gasteiger partial charge in [-0.2, -0.15) is 0 Å². The number of nitrogens with zero attached hydrogens (tertiary/aromatic N) is 2. The summed E-state index contributed by atoms with van der Waals surface area (Å²) in [7, 11) is -3.08. The van der Waals surface area contributed by atoms with Crippen molar-refractivity contribution in [1.82, 2.24) is 9.55 Å². The molecule has 2 aromatic rings. The summed E-state index contributed by atoms with van der Waals surface area (Å²) < 4.78 is 25.2. The lowest BCUT2D eigenvalue weighted by Gasteiger charge is -2.06. The minimum Gasteiger partial charge on any atom is -0.298 e. The molecule has 0 aliphatic carbocycles. The van der Waals surface area contributed by atoms with Crippen LogP contribution >= 0.6 is 22.6 Å². The zero-order valence-electron chi connectivity index (χ0n) is 10.3. The molecule has 0 fully saturated rings. The molecule has 19 heavy (non-hydrogen) atoms. The van der Waals surface area contributed by atoms with Crippen molar-refractivity contribution >= 4 is 43.3 Å². The third-order valence-electron chi connectivity index (χ3n) is 2.87. The number of hydrogen-bond donors (Lipinski definition) is 0. The molecule has 0 spiro atoms. The first-order chi connectivity index (χ1) is 8.93. The largest absolute Gasteiger partial charge is 0.298 e. The van der Waals surface area contributed by atoms with Gasteiger partial charge in [-0.1, -0.05) is 6.92 Å². The van der Waals surface area contributed by atoms with Crippen LogP contribution in [-0.4, -0.2) is 29.5 Å². The van der Waals surface area contributed by atoms with Gasteiger partial charge < -0.3 is 0 Å². The van der Waals surface area contributed by atoms with E-state index >= 15 is 0 Å². The minimum atomic E-state index is -3.08. The Morgan fingerprint density at radius 2 is 2.11 bits per heavy atom. The maximum Gasteiger partial charge on any atom is 0.261 e. The molecule has 2 rings (SSSR count). The third-order valence-corrected chi connectivity index (χ3v) is 5.22. The van der Waals surface area contributed by atoms with E-state index in [-0.39, 0.29) is 23.6 Å². The Kier molecular flexibility index (Phi) is 4.24. The third kappa shape index (κ3) is 3.33. The van der Waals surface area contributed by atoms with Crippen molar-refractivity contribution in [1.29, 1.82) is 0 Å². The molecule has 0 saturated heterocycles. The van der Waals surface area contributed by atoms with Crippen LogP contribution in [0.15, 0.2) is 29.3 Å². The highest BCUT2D eigenvalue weighted by molar-refractivity contribution is 14.1. The van der Waals surface area contributed by atoms with Crippen molar-refractivity contribution in [3.63, 3.8) is 0 Å². The van der Waals surface area contributed by atoms with Crippen molar-refractivity contribution < 1.29 is 8.42 Å². The van der Waals surface area contributed by atoms with Crippen LogP contribution in [0.25, 0.3) is 10.9 Å². The van der Waals surface area contributed by atoms with E-state index < -0.39 is 9.84 Å². The average Bonchev–Trinajstić information content (AvgIpc) is 2.39.